The maximum atomic E-state index is 11.9. The van der Waals surface area contributed by atoms with Crippen LogP contribution in [0.15, 0.2) is 16.6 Å². The fourth-order valence-electron chi connectivity index (χ4n) is 2.24. The quantitative estimate of drug-likeness (QED) is 0.876. The van der Waals surface area contributed by atoms with Gasteiger partial charge >= 0.3 is 5.97 Å². The second kappa shape index (κ2) is 4.61. The predicted molar refractivity (Wildman–Crippen MR) is 72.0 cm³/mol. The first-order valence-electron chi connectivity index (χ1n) is 5.46. The second-order valence-electron chi connectivity index (χ2n) is 4.33. The topological polar surface area (TPSA) is 69.6 Å². The molecule has 96 valence electrons. The highest BCUT2D eigenvalue weighted by atomic mass is 79.9. The van der Waals surface area contributed by atoms with Crippen LogP contribution in [0.3, 0.4) is 0 Å². The van der Waals surface area contributed by atoms with Crippen LogP contribution >= 0.6 is 15.9 Å². The lowest BCUT2D eigenvalue weighted by Gasteiger charge is -2.35. The summed E-state index contributed by atoms with van der Waals surface area (Å²) in [7, 11) is 1.74. The van der Waals surface area contributed by atoms with Crippen molar-refractivity contribution in [2.45, 2.75) is 19.4 Å². The molecule has 1 atom stereocenters. The van der Waals surface area contributed by atoms with Gasteiger partial charge < -0.3 is 15.3 Å². The molecule has 0 fully saturated rings. The van der Waals surface area contributed by atoms with Gasteiger partial charge in [0.15, 0.2) is 0 Å². The number of halogens is 1. The van der Waals surface area contributed by atoms with Crippen LogP contribution in [-0.4, -0.2) is 30.1 Å². The van der Waals surface area contributed by atoms with Crippen molar-refractivity contribution in [2.24, 2.45) is 0 Å². The fourth-order valence-corrected chi connectivity index (χ4v) is 2.81. The number of aliphatic carboxylic acids is 1. The second-order valence-corrected chi connectivity index (χ2v) is 5.25. The number of rotatable bonds is 2. The molecule has 0 radical (unpaired) electrons. The lowest BCUT2D eigenvalue weighted by atomic mass is 10.0. The largest absolute Gasteiger partial charge is 0.481 e. The number of anilines is 2. The molecule has 0 aliphatic carbocycles. The van der Waals surface area contributed by atoms with Crippen molar-refractivity contribution in [2.75, 3.05) is 17.3 Å². The first-order valence-corrected chi connectivity index (χ1v) is 6.25. The number of hydrogen-bond acceptors (Lipinski definition) is 3. The van der Waals surface area contributed by atoms with E-state index in [2.05, 4.69) is 21.2 Å². The number of carbonyl (C=O) groups excluding carboxylic acids is 1. The number of nitrogens with one attached hydrogen (secondary N) is 1. The van der Waals surface area contributed by atoms with Gasteiger partial charge in [0.25, 0.3) is 0 Å². The summed E-state index contributed by atoms with van der Waals surface area (Å²) < 4.78 is 0.879. The number of amides is 1. The SMILES string of the molecule is Cc1cc(Br)cc2c1N(C)C(CC(=O)O)C(=O)N2. The maximum Gasteiger partial charge on any atom is 0.305 e. The Morgan fingerprint density at radius 2 is 2.22 bits per heavy atom. The van der Waals surface area contributed by atoms with E-state index in [1.54, 1.807) is 11.9 Å². The minimum Gasteiger partial charge on any atom is -0.481 e. The molecule has 0 spiro atoms. The Hall–Kier alpha value is -1.56. The maximum absolute atomic E-state index is 11.9. The zero-order valence-electron chi connectivity index (χ0n) is 10.0. The van der Waals surface area contributed by atoms with Crippen LogP contribution in [0.4, 0.5) is 11.4 Å². The van der Waals surface area contributed by atoms with Crippen molar-refractivity contribution in [3.8, 4) is 0 Å². The van der Waals surface area contributed by atoms with Gasteiger partial charge in [0.1, 0.15) is 6.04 Å². The molecule has 2 rings (SSSR count). The molecule has 1 aromatic rings. The van der Waals surface area contributed by atoms with Gasteiger partial charge in [-0.3, -0.25) is 9.59 Å². The van der Waals surface area contributed by atoms with E-state index in [1.165, 1.54) is 0 Å². The van der Waals surface area contributed by atoms with Crippen LogP contribution in [0.25, 0.3) is 0 Å². The minimum absolute atomic E-state index is 0.211. The molecule has 2 N–H and O–H groups in total. The van der Waals surface area contributed by atoms with E-state index in [1.807, 2.05) is 19.1 Å². The zero-order valence-corrected chi connectivity index (χ0v) is 11.6. The average Bonchev–Trinajstić information content (AvgIpc) is 2.22. The van der Waals surface area contributed by atoms with E-state index in [-0.39, 0.29) is 12.3 Å². The van der Waals surface area contributed by atoms with Crippen molar-refractivity contribution in [3.05, 3.63) is 22.2 Å². The number of carboxylic acid groups (broad SMARTS) is 1. The van der Waals surface area contributed by atoms with Crippen molar-refractivity contribution < 1.29 is 14.7 Å². The fraction of sp³-hybridized carbons (Fsp3) is 0.333. The number of carboxylic acids is 1. The third kappa shape index (κ3) is 2.20. The lowest BCUT2D eigenvalue weighted by Crippen LogP contribution is -2.47. The van der Waals surface area contributed by atoms with Crippen LogP contribution in [0.2, 0.25) is 0 Å². The molecule has 1 amide bonds. The van der Waals surface area contributed by atoms with Crippen molar-refractivity contribution in [1.82, 2.24) is 0 Å². The molecule has 6 heteroatoms. The summed E-state index contributed by atoms with van der Waals surface area (Å²) in [4.78, 5) is 24.4. The number of fused-ring (bicyclic) bond motifs is 1. The normalized spacial score (nSPS) is 18.3. The smallest absolute Gasteiger partial charge is 0.305 e. The third-order valence-electron chi connectivity index (χ3n) is 3.01. The Labute approximate surface area is 113 Å². The highest BCUT2D eigenvalue weighted by Gasteiger charge is 2.33. The number of carbonyl (C=O) groups is 2. The van der Waals surface area contributed by atoms with Crippen molar-refractivity contribution >= 4 is 39.2 Å². The van der Waals surface area contributed by atoms with Gasteiger partial charge in [0.05, 0.1) is 17.8 Å². The van der Waals surface area contributed by atoms with Crippen LogP contribution < -0.4 is 10.2 Å². The predicted octanol–water partition coefficient (Wildman–Crippen LogP) is 1.99. The van der Waals surface area contributed by atoms with Crippen LogP contribution in [0.5, 0.6) is 0 Å². The third-order valence-corrected chi connectivity index (χ3v) is 3.47. The van der Waals surface area contributed by atoms with E-state index < -0.39 is 12.0 Å². The van der Waals surface area contributed by atoms with Gasteiger partial charge in [-0.1, -0.05) is 15.9 Å². The number of aryl methyl sites for hydroxylation is 1. The van der Waals surface area contributed by atoms with Gasteiger partial charge in [-0.05, 0) is 24.6 Å². The van der Waals surface area contributed by atoms with E-state index in [9.17, 15) is 9.59 Å². The molecule has 5 nitrogen and oxygen atoms in total. The van der Waals surface area contributed by atoms with Gasteiger partial charge in [-0.25, -0.2) is 0 Å². The van der Waals surface area contributed by atoms with Gasteiger partial charge in [0, 0.05) is 11.5 Å². The van der Waals surface area contributed by atoms with Crippen LogP contribution in [0, 0.1) is 6.92 Å². The molecule has 1 unspecified atom stereocenters. The molecule has 18 heavy (non-hydrogen) atoms. The molecule has 0 saturated carbocycles. The molecule has 0 bridgehead atoms. The molecular formula is C12H13BrN2O3. The Morgan fingerprint density at radius 1 is 1.56 bits per heavy atom. The summed E-state index contributed by atoms with van der Waals surface area (Å²) in [6.45, 7) is 1.93. The first kappa shape index (κ1) is 12.9. The molecule has 1 heterocycles. The molecule has 1 aliphatic rings. The summed E-state index contributed by atoms with van der Waals surface area (Å²) in [6.07, 6.45) is -0.211. The Bertz CT molecular complexity index is 530. The van der Waals surface area contributed by atoms with E-state index in [0.717, 1.165) is 15.7 Å². The average molecular weight is 313 g/mol. The minimum atomic E-state index is -0.986. The Morgan fingerprint density at radius 3 is 2.83 bits per heavy atom. The van der Waals surface area contributed by atoms with Crippen LogP contribution in [-0.2, 0) is 9.59 Å². The van der Waals surface area contributed by atoms with E-state index in [0.29, 0.717) is 5.69 Å². The Balaban J connectivity index is 2.45. The summed E-state index contributed by atoms with van der Waals surface area (Å²) in [5.74, 6) is -1.27. The first-order chi connectivity index (χ1) is 8.40. The highest BCUT2D eigenvalue weighted by molar-refractivity contribution is 9.10. The summed E-state index contributed by atoms with van der Waals surface area (Å²) >= 11 is 3.37. The Kier molecular flexibility index (Phi) is 3.30. The standard InChI is InChI=1S/C12H13BrN2O3/c1-6-3-7(13)4-8-11(6)15(2)9(5-10(16)17)12(18)14-8/h3-4,9H,5H2,1-2H3,(H,14,18)(H,16,17). The summed E-state index contributed by atoms with van der Waals surface area (Å²) in [6, 6.07) is 3.08. The summed E-state index contributed by atoms with van der Waals surface area (Å²) in [5.41, 5.74) is 2.55. The number of likely N-dealkylation sites (N-methyl/N-ethyl adjacent to an activating group) is 1. The van der Waals surface area contributed by atoms with E-state index >= 15 is 0 Å². The monoisotopic (exact) mass is 312 g/mol. The molecular weight excluding hydrogens is 300 g/mol. The van der Waals surface area contributed by atoms with Gasteiger partial charge in [-0.2, -0.15) is 0 Å². The lowest BCUT2D eigenvalue weighted by molar-refractivity contribution is -0.138. The molecule has 0 saturated heterocycles. The van der Waals surface area contributed by atoms with Crippen molar-refractivity contribution in [1.29, 1.82) is 0 Å². The number of hydrogen-bond donors (Lipinski definition) is 2. The summed E-state index contributed by atoms with van der Waals surface area (Å²) in [5, 5.41) is 11.6. The van der Waals surface area contributed by atoms with Crippen LogP contribution in [0.1, 0.15) is 12.0 Å². The van der Waals surface area contributed by atoms with Gasteiger partial charge in [0.2, 0.25) is 5.91 Å². The number of nitrogens with zero attached hydrogens (tertiary/aromatic N) is 1. The zero-order chi connectivity index (χ0) is 13.4. The highest BCUT2D eigenvalue weighted by Crippen LogP contribution is 2.37. The molecule has 1 aliphatic heterocycles. The number of benzene rings is 1. The van der Waals surface area contributed by atoms with Gasteiger partial charge in [-0.15, -0.1) is 0 Å². The molecule has 0 aromatic heterocycles. The van der Waals surface area contributed by atoms with Crippen molar-refractivity contribution in [3.63, 3.8) is 0 Å². The van der Waals surface area contributed by atoms with E-state index in [4.69, 9.17) is 5.11 Å². The molecule has 1 aromatic carbocycles.